The van der Waals surface area contributed by atoms with Crippen molar-refractivity contribution in [2.24, 2.45) is 0 Å². The van der Waals surface area contributed by atoms with Crippen LogP contribution in [-0.4, -0.2) is 100 Å². The molecule has 0 bridgehead atoms. The highest BCUT2D eigenvalue weighted by atomic mass is 32.2. The molecule has 0 spiro atoms. The van der Waals surface area contributed by atoms with Gasteiger partial charge in [-0.25, -0.2) is 13.4 Å². The third kappa shape index (κ3) is 6.00. The molecule has 0 saturated carbocycles. The van der Waals surface area contributed by atoms with Gasteiger partial charge >= 0.3 is 5.56 Å². The molecule has 0 radical (unpaired) electrons. The number of sulfonamides is 1. The zero-order valence-electron chi connectivity index (χ0n) is 23.4. The van der Waals surface area contributed by atoms with Gasteiger partial charge in [-0.2, -0.15) is 14.4 Å². The molecule has 1 N–H and O–H groups in total. The molecular weight excluding hydrogens is 548 g/mol. The van der Waals surface area contributed by atoms with Gasteiger partial charge in [-0.15, -0.1) is 0 Å². The van der Waals surface area contributed by atoms with E-state index in [0.717, 1.165) is 17.9 Å². The van der Waals surface area contributed by atoms with E-state index in [1.165, 1.54) is 16.6 Å². The summed E-state index contributed by atoms with van der Waals surface area (Å²) in [5.74, 6) is 0.278. The van der Waals surface area contributed by atoms with Crippen LogP contribution < -0.4 is 10.3 Å². The van der Waals surface area contributed by atoms with E-state index in [1.54, 1.807) is 18.0 Å². The molecule has 1 aliphatic heterocycles. The van der Waals surface area contributed by atoms with Gasteiger partial charge in [0, 0.05) is 39.5 Å². The molecule has 5 heterocycles. The zero-order valence-corrected chi connectivity index (χ0v) is 24.2. The first-order valence-corrected chi connectivity index (χ1v) is 15.0. The lowest BCUT2D eigenvalue weighted by Crippen LogP contribution is -2.48. The number of hydrogen-bond acceptors (Lipinski definition) is 10. The Balaban J connectivity index is 1.58. The molecule has 13 nitrogen and oxygen atoms in total. The van der Waals surface area contributed by atoms with E-state index >= 15 is 0 Å². The van der Waals surface area contributed by atoms with Crippen molar-refractivity contribution in [2.45, 2.75) is 31.7 Å². The van der Waals surface area contributed by atoms with E-state index in [-0.39, 0.29) is 34.3 Å². The van der Waals surface area contributed by atoms with E-state index in [9.17, 15) is 13.2 Å². The van der Waals surface area contributed by atoms with Crippen LogP contribution in [0.25, 0.3) is 22.4 Å². The number of nitrogens with one attached hydrogen (secondary N) is 1. The maximum absolute atomic E-state index is 13.6. The second kappa shape index (κ2) is 12.4. The molecule has 5 rings (SSSR count). The largest absolute Gasteiger partial charge is 0.475 e. The second-order valence-electron chi connectivity index (χ2n) is 9.60. The Morgan fingerprint density at radius 3 is 2.56 bits per heavy atom. The maximum atomic E-state index is 13.6. The van der Waals surface area contributed by atoms with Crippen LogP contribution in [0.1, 0.15) is 25.2 Å². The molecular formula is C27H34N8O5S. The third-order valence-electron chi connectivity index (χ3n) is 7.11. The Hall–Kier alpha value is -3.72. The lowest BCUT2D eigenvalue weighted by atomic mass is 10.2. The predicted molar refractivity (Wildman–Crippen MR) is 152 cm³/mol. The highest BCUT2D eigenvalue weighted by Gasteiger charge is 2.30. The topological polar surface area (TPSA) is 148 Å². The van der Waals surface area contributed by atoms with E-state index in [2.05, 4.69) is 36.9 Å². The first-order chi connectivity index (χ1) is 19.8. The summed E-state index contributed by atoms with van der Waals surface area (Å²) < 4.78 is 41.3. The molecule has 4 aromatic rings. The van der Waals surface area contributed by atoms with Crippen LogP contribution >= 0.6 is 0 Å². The maximum Gasteiger partial charge on any atom is 0.301 e. The number of likely N-dealkylation sites (N-methyl/N-ethyl adjacent to an activating group) is 1. The normalized spacial score (nSPS) is 15.0. The van der Waals surface area contributed by atoms with Crippen LogP contribution in [0.5, 0.6) is 5.88 Å². The highest BCUT2D eigenvalue weighted by molar-refractivity contribution is 7.89. The first-order valence-electron chi connectivity index (χ1n) is 13.6. The van der Waals surface area contributed by atoms with Crippen molar-refractivity contribution in [3.05, 3.63) is 58.4 Å². The van der Waals surface area contributed by atoms with E-state index < -0.39 is 15.6 Å². The van der Waals surface area contributed by atoms with Gasteiger partial charge in [0.1, 0.15) is 17.3 Å². The summed E-state index contributed by atoms with van der Waals surface area (Å²) in [7, 11) is -2.29. The molecule has 0 aromatic carbocycles. The standard InChI is InChI=1S/C27H34N8O5S/c1-4-22-23-24(32-35(22)18-19-8-6-7-9-28-19)26(36)31-25(30-23)21-16-20(17-29-27(21)40-15-14-39-3)41(37,38)34-12-10-33(5-2)11-13-34/h6-9,16-17H,4-5,10-15,18H2,1-3H3,(H,30,31,36). The number of hydrogen-bond donors (Lipinski definition) is 1. The average molecular weight is 583 g/mol. The molecule has 0 aliphatic carbocycles. The summed E-state index contributed by atoms with van der Waals surface area (Å²) in [5, 5.41) is 4.53. The highest BCUT2D eigenvalue weighted by Crippen LogP contribution is 2.30. The molecule has 1 aliphatic rings. The predicted octanol–water partition coefficient (Wildman–Crippen LogP) is 1.54. The SMILES string of the molecule is CCc1c2[nH]c(-c3cc(S(=O)(=O)N4CCN(CC)CC4)cnc3OCCOC)nc(=O)c2nn1Cc1ccccn1. The lowest BCUT2D eigenvalue weighted by molar-refractivity contribution is 0.144. The summed E-state index contributed by atoms with van der Waals surface area (Å²) in [4.78, 5) is 31.6. The molecule has 14 heteroatoms. The van der Waals surface area contributed by atoms with E-state index in [1.807, 2.05) is 25.1 Å². The van der Waals surface area contributed by atoms with Crippen LogP contribution in [0.4, 0.5) is 0 Å². The van der Waals surface area contributed by atoms with E-state index in [4.69, 9.17) is 9.47 Å². The van der Waals surface area contributed by atoms with Gasteiger partial charge < -0.3 is 19.4 Å². The molecule has 218 valence electrons. The van der Waals surface area contributed by atoms with Gasteiger partial charge in [-0.05, 0) is 31.2 Å². The Bertz CT molecular complexity index is 1660. The number of ether oxygens (including phenoxy) is 2. The van der Waals surface area contributed by atoms with Gasteiger partial charge in [-0.3, -0.25) is 14.5 Å². The zero-order chi connectivity index (χ0) is 29.0. The van der Waals surface area contributed by atoms with Gasteiger partial charge in [0.15, 0.2) is 5.52 Å². The Morgan fingerprint density at radius 2 is 1.88 bits per heavy atom. The summed E-state index contributed by atoms with van der Waals surface area (Å²) in [6, 6.07) is 7.08. The molecule has 1 saturated heterocycles. The fourth-order valence-corrected chi connectivity index (χ4v) is 6.25. The van der Waals surface area contributed by atoms with Gasteiger partial charge in [0.2, 0.25) is 15.9 Å². The monoisotopic (exact) mass is 582 g/mol. The number of rotatable bonds is 11. The number of aromatic nitrogens is 6. The number of pyridine rings is 2. The summed E-state index contributed by atoms with van der Waals surface area (Å²) in [6.45, 7) is 7.82. The van der Waals surface area contributed by atoms with Crippen LogP contribution in [0, 0.1) is 0 Å². The van der Waals surface area contributed by atoms with Crippen molar-refractivity contribution in [1.29, 1.82) is 0 Å². The summed E-state index contributed by atoms with van der Waals surface area (Å²) >= 11 is 0. The van der Waals surface area contributed by atoms with Crippen molar-refractivity contribution in [3.63, 3.8) is 0 Å². The minimum Gasteiger partial charge on any atom is -0.475 e. The third-order valence-corrected chi connectivity index (χ3v) is 8.98. The van der Waals surface area contributed by atoms with Gasteiger partial charge in [0.25, 0.3) is 0 Å². The smallest absolute Gasteiger partial charge is 0.301 e. The fourth-order valence-electron chi connectivity index (χ4n) is 4.86. The number of nitrogens with zero attached hydrogens (tertiary/aromatic N) is 7. The molecule has 0 atom stereocenters. The Labute approximate surface area is 238 Å². The average Bonchev–Trinajstić information content (AvgIpc) is 3.35. The number of aryl methyl sites for hydroxylation is 1. The number of H-pyrrole nitrogens is 1. The van der Waals surface area contributed by atoms with Crippen molar-refractivity contribution in [1.82, 2.24) is 38.9 Å². The van der Waals surface area contributed by atoms with E-state index in [0.29, 0.717) is 51.3 Å². The number of fused-ring (bicyclic) bond motifs is 1. The van der Waals surface area contributed by atoms with Crippen molar-refractivity contribution in [3.8, 4) is 17.3 Å². The Morgan fingerprint density at radius 1 is 1.07 bits per heavy atom. The number of methoxy groups -OCH3 is 1. The Kier molecular flexibility index (Phi) is 8.73. The van der Waals surface area contributed by atoms with Crippen LogP contribution in [-0.2, 0) is 27.7 Å². The minimum absolute atomic E-state index is 0.000785. The van der Waals surface area contributed by atoms with Crippen LogP contribution in [0.15, 0.2) is 46.3 Å². The molecule has 1 fully saturated rings. The van der Waals surface area contributed by atoms with Crippen LogP contribution in [0.3, 0.4) is 0 Å². The molecule has 41 heavy (non-hydrogen) atoms. The lowest BCUT2D eigenvalue weighted by Gasteiger charge is -2.33. The molecule has 0 amide bonds. The quantitative estimate of drug-likeness (QED) is 0.258. The molecule has 0 unspecified atom stereocenters. The van der Waals surface area contributed by atoms with Gasteiger partial charge in [0.05, 0.1) is 41.8 Å². The summed E-state index contributed by atoms with van der Waals surface area (Å²) in [6.07, 6.45) is 3.57. The molecule has 4 aromatic heterocycles. The van der Waals surface area contributed by atoms with Crippen molar-refractivity contribution >= 4 is 21.1 Å². The number of aromatic amines is 1. The van der Waals surface area contributed by atoms with Crippen molar-refractivity contribution in [2.75, 3.05) is 53.0 Å². The van der Waals surface area contributed by atoms with Crippen molar-refractivity contribution < 1.29 is 17.9 Å². The fraction of sp³-hybridized carbons (Fsp3) is 0.444. The number of piperazine rings is 1. The minimum atomic E-state index is -3.84. The van der Waals surface area contributed by atoms with Crippen LogP contribution in [0.2, 0.25) is 0 Å². The second-order valence-corrected chi connectivity index (χ2v) is 11.5. The van der Waals surface area contributed by atoms with Gasteiger partial charge in [-0.1, -0.05) is 19.9 Å². The first kappa shape index (κ1) is 28.8. The summed E-state index contributed by atoms with van der Waals surface area (Å²) in [5.41, 5.74) is 2.01.